The molecule has 2 aromatic heterocycles. The van der Waals surface area contributed by atoms with Crippen LogP contribution in [-0.2, 0) is 5.41 Å². The van der Waals surface area contributed by atoms with Crippen LogP contribution in [0.5, 0.6) is 0 Å². The summed E-state index contributed by atoms with van der Waals surface area (Å²) >= 11 is 0. The second-order valence-electron chi connectivity index (χ2n) is 21.9. The summed E-state index contributed by atoms with van der Waals surface area (Å²) in [4.78, 5) is 0. The van der Waals surface area contributed by atoms with Crippen LogP contribution in [0.25, 0.3) is 98.8 Å². The van der Waals surface area contributed by atoms with Gasteiger partial charge < -0.3 is 9.13 Å². The summed E-state index contributed by atoms with van der Waals surface area (Å²) in [6.07, 6.45) is 4.68. The van der Waals surface area contributed by atoms with Crippen LogP contribution in [0.1, 0.15) is 97.9 Å². The number of rotatable bonds is 7. The van der Waals surface area contributed by atoms with Gasteiger partial charge in [0.15, 0.2) is 0 Å². The highest BCUT2D eigenvalue weighted by Gasteiger charge is 2.43. The fraction of sp³-hybridized carbons (Fsp3) is 0.195. The van der Waals surface area contributed by atoms with Crippen molar-refractivity contribution < 1.29 is 0 Å². The molecule has 0 aliphatic heterocycles. The number of fused-ring (bicyclic) bond motifs is 12. The maximum atomic E-state index is 2.58. The fourth-order valence-electron chi connectivity index (χ4n) is 13.4. The van der Waals surface area contributed by atoms with Gasteiger partial charge in [-0.25, -0.2) is 0 Å². The summed E-state index contributed by atoms with van der Waals surface area (Å²) < 4.78 is 4.84. The number of aromatic nitrogens is 2. The van der Waals surface area contributed by atoms with Crippen LogP contribution in [0.15, 0.2) is 218 Å². The Hall–Kier alpha value is -8.46. The summed E-state index contributed by atoms with van der Waals surface area (Å²) in [6, 6.07) is 80.5. The lowest BCUT2D eigenvalue weighted by Crippen LogP contribution is -2.25. The highest BCUT2D eigenvalue weighted by Crippen LogP contribution is 2.57. The van der Waals surface area contributed by atoms with Gasteiger partial charge in [0.05, 0.1) is 27.8 Å². The van der Waals surface area contributed by atoms with E-state index in [2.05, 4.69) is 283 Å². The maximum absolute atomic E-state index is 2.58. The van der Waals surface area contributed by atoms with E-state index in [1.165, 1.54) is 169 Å². The van der Waals surface area contributed by atoms with Gasteiger partial charge >= 0.3 is 0 Å². The van der Waals surface area contributed by atoms with Gasteiger partial charge in [0, 0.05) is 32.6 Å². The molecule has 0 unspecified atom stereocenters. The predicted octanol–water partition coefficient (Wildman–Crippen LogP) is 22.0. The number of hydrogen-bond acceptors (Lipinski definition) is 0. The number of para-hydroxylation sites is 3. The molecule has 1 aliphatic carbocycles. The smallest absolute Gasteiger partial charge is 0.0543 e. The van der Waals surface area contributed by atoms with Crippen LogP contribution in [0.4, 0.5) is 0 Å². The van der Waals surface area contributed by atoms with Crippen LogP contribution in [-0.4, -0.2) is 9.13 Å². The molecule has 0 amide bonds. The molecule has 0 radical (unpaired) electrons. The number of nitrogens with zero attached hydrogens (tertiary/aromatic N) is 2. The zero-order valence-corrected chi connectivity index (χ0v) is 48.0. The van der Waals surface area contributed by atoms with Crippen LogP contribution >= 0.6 is 0 Å². The lowest BCUT2D eigenvalue weighted by atomic mass is 9.70. The van der Waals surface area contributed by atoms with Crippen molar-refractivity contribution in [1.82, 2.24) is 9.13 Å². The van der Waals surface area contributed by atoms with E-state index in [1.807, 2.05) is 13.8 Å². The monoisotopic (exact) mass is 1030 g/mol. The molecule has 13 aromatic rings. The molecule has 1 aliphatic rings. The molecular formula is C77H74N2. The molecule has 0 fully saturated rings. The molecule has 392 valence electrons. The summed E-state index contributed by atoms with van der Waals surface area (Å²) in [6.45, 7) is 21.8. The second-order valence-corrected chi connectivity index (χ2v) is 21.9. The fourth-order valence-corrected chi connectivity index (χ4v) is 13.4. The van der Waals surface area contributed by atoms with Crippen LogP contribution in [0.3, 0.4) is 0 Å². The summed E-state index contributed by atoms with van der Waals surface area (Å²) in [5, 5.41) is 10.6. The molecule has 79 heavy (non-hydrogen) atoms. The molecule has 14 rings (SSSR count). The van der Waals surface area contributed by atoms with Crippen molar-refractivity contribution in [2.45, 2.75) is 100 Å². The predicted molar refractivity (Wildman–Crippen MR) is 344 cm³/mol. The van der Waals surface area contributed by atoms with E-state index in [0.717, 1.165) is 0 Å². The van der Waals surface area contributed by atoms with Gasteiger partial charge in [-0.05, 0) is 175 Å². The molecular weight excluding hydrogens is 953 g/mol. The Labute approximate surface area is 468 Å². The minimum absolute atomic E-state index is 0.0480. The van der Waals surface area contributed by atoms with Gasteiger partial charge in [-0.3, -0.25) is 0 Å². The van der Waals surface area contributed by atoms with E-state index in [0.29, 0.717) is 0 Å². The van der Waals surface area contributed by atoms with Crippen LogP contribution < -0.4 is 0 Å². The van der Waals surface area contributed by atoms with Crippen molar-refractivity contribution in [1.29, 1.82) is 0 Å². The highest BCUT2D eigenvalue weighted by atomic mass is 15.0. The zero-order valence-electron chi connectivity index (χ0n) is 48.0. The van der Waals surface area contributed by atoms with Crippen molar-refractivity contribution in [3.63, 3.8) is 0 Å². The average Bonchev–Trinajstić information content (AvgIpc) is 4.29. The van der Waals surface area contributed by atoms with E-state index in [-0.39, 0.29) is 5.41 Å². The van der Waals surface area contributed by atoms with Crippen LogP contribution in [0.2, 0.25) is 0 Å². The third-order valence-electron chi connectivity index (χ3n) is 16.5. The Morgan fingerprint density at radius 1 is 0.342 bits per heavy atom. The maximum Gasteiger partial charge on any atom is 0.0543 e. The van der Waals surface area contributed by atoms with E-state index >= 15 is 0 Å². The molecule has 0 saturated carbocycles. The zero-order chi connectivity index (χ0) is 55.0. The van der Waals surface area contributed by atoms with Crippen molar-refractivity contribution >= 4 is 65.2 Å². The Morgan fingerprint density at radius 2 is 0.873 bits per heavy atom. The number of hydrogen-bond donors (Lipinski definition) is 0. The van der Waals surface area contributed by atoms with E-state index < -0.39 is 0 Å². The standard InChI is InChI=1S/C42H37N.C22H21N.C11H10.C2H6/c1-4-23-42(24-5-2)37-25-28(3)19-21-34(37)41-33-17-10-9-15-31(33)35(27-38(41)42)29-20-22-40-36(26-29)32-16-11-12-18-39(32)43(40)30-13-7-6-8-14-30;1-14-9-10-19-18-7-5-6-8-20(18)23(21(19)13-14)22-16(3)11-15(2)12-17(22)4;1-9-6-7-10-4-2-3-5-11(10)8-9;1-2/h6-22,25-27H,4-5,23-24H2,1-3H3;5-13H,1-4H3;2-8H,1H3;1-2H3. The summed E-state index contributed by atoms with van der Waals surface area (Å²) in [5.74, 6) is 0. The van der Waals surface area contributed by atoms with E-state index in [4.69, 9.17) is 0 Å². The minimum atomic E-state index is 0.0480. The molecule has 2 nitrogen and oxygen atoms in total. The van der Waals surface area contributed by atoms with Gasteiger partial charge in [-0.1, -0.05) is 227 Å². The molecule has 0 N–H and O–H groups in total. The topological polar surface area (TPSA) is 9.86 Å². The first-order valence-electron chi connectivity index (χ1n) is 28.9. The summed E-state index contributed by atoms with van der Waals surface area (Å²) in [5.41, 5.74) is 24.2. The van der Waals surface area contributed by atoms with Gasteiger partial charge in [0.1, 0.15) is 0 Å². The SMILES string of the molecule is CC.CCCC1(CCC)c2cc(C)ccc2-c2c1cc(-c1ccc3c(c1)c1ccccc1n3-c1ccccc1)c1ccccc21.Cc1cc(C)c(-n2c3ccccc3c3ccc(C)cc32)c(C)c1.Cc1ccc2ccccc2c1. The Morgan fingerprint density at radius 3 is 1.57 bits per heavy atom. The second kappa shape index (κ2) is 22.1. The van der Waals surface area contributed by atoms with E-state index in [1.54, 1.807) is 0 Å². The Kier molecular flexibility index (Phi) is 14.7. The third kappa shape index (κ3) is 9.42. The average molecular weight is 1030 g/mol. The molecule has 0 saturated heterocycles. The van der Waals surface area contributed by atoms with Crippen molar-refractivity contribution in [3.8, 4) is 33.6 Å². The van der Waals surface area contributed by atoms with Gasteiger partial charge in [0.2, 0.25) is 0 Å². The molecule has 0 spiro atoms. The van der Waals surface area contributed by atoms with Gasteiger partial charge in [-0.2, -0.15) is 0 Å². The first-order valence-corrected chi connectivity index (χ1v) is 28.9. The lowest BCUT2D eigenvalue weighted by molar-refractivity contribution is 0.436. The van der Waals surface area contributed by atoms with E-state index in [9.17, 15) is 0 Å². The highest BCUT2D eigenvalue weighted by molar-refractivity contribution is 6.14. The largest absolute Gasteiger partial charge is 0.309 e. The minimum Gasteiger partial charge on any atom is -0.309 e. The van der Waals surface area contributed by atoms with Crippen molar-refractivity contribution in [3.05, 3.63) is 263 Å². The Bertz CT molecular complexity index is 4340. The normalized spacial score (nSPS) is 12.2. The molecule has 2 heterocycles. The molecule has 2 heteroatoms. The number of aryl methyl sites for hydroxylation is 6. The molecule has 0 bridgehead atoms. The van der Waals surface area contributed by atoms with Gasteiger partial charge in [-0.15, -0.1) is 0 Å². The van der Waals surface area contributed by atoms with Crippen molar-refractivity contribution in [2.24, 2.45) is 0 Å². The molecule has 0 atom stereocenters. The first kappa shape index (κ1) is 52.6. The van der Waals surface area contributed by atoms with Crippen LogP contribution in [0, 0.1) is 41.5 Å². The third-order valence-corrected chi connectivity index (χ3v) is 16.5. The number of benzene rings is 11. The first-order chi connectivity index (χ1) is 38.6. The summed E-state index contributed by atoms with van der Waals surface area (Å²) in [7, 11) is 0. The lowest BCUT2D eigenvalue weighted by Gasteiger charge is -2.32. The Balaban J connectivity index is 0.000000151. The quantitative estimate of drug-likeness (QED) is 0.151. The van der Waals surface area contributed by atoms with Gasteiger partial charge in [0.25, 0.3) is 0 Å². The molecule has 11 aromatic carbocycles. The van der Waals surface area contributed by atoms with Crippen molar-refractivity contribution in [2.75, 3.05) is 0 Å².